The maximum atomic E-state index is 13.8. The normalized spacial score (nSPS) is 18.0. The highest BCUT2D eigenvalue weighted by molar-refractivity contribution is 7.90. The van der Waals surface area contributed by atoms with E-state index >= 15 is 0 Å². The third-order valence-corrected chi connectivity index (χ3v) is 7.44. The number of alkyl halides is 3. The molecule has 0 unspecified atom stereocenters. The molecule has 0 amide bonds. The molecule has 13 heteroatoms. The summed E-state index contributed by atoms with van der Waals surface area (Å²) in [5.41, 5.74) is 11.6. The fraction of sp³-hybridized carbons (Fsp3) is 0.364. The summed E-state index contributed by atoms with van der Waals surface area (Å²) >= 11 is 0. The van der Waals surface area contributed by atoms with Crippen molar-refractivity contribution in [3.63, 3.8) is 0 Å². The van der Waals surface area contributed by atoms with Gasteiger partial charge in [0.15, 0.2) is 28.3 Å². The second kappa shape index (κ2) is 8.72. The summed E-state index contributed by atoms with van der Waals surface area (Å²) in [7, 11) is -4.32. The van der Waals surface area contributed by atoms with Crippen molar-refractivity contribution in [2.45, 2.75) is 29.5 Å². The molecule has 0 aliphatic carbocycles. The van der Waals surface area contributed by atoms with Gasteiger partial charge in [-0.05, 0) is 35.6 Å². The Labute approximate surface area is 200 Å². The predicted octanol–water partition coefficient (Wildman–Crippen LogP) is 3.09. The highest BCUT2D eigenvalue weighted by atomic mass is 32.2. The van der Waals surface area contributed by atoms with E-state index in [0.717, 1.165) is 17.9 Å². The third-order valence-electron chi connectivity index (χ3n) is 6.27. The average Bonchev–Trinajstić information content (AvgIpc) is 3.32. The van der Waals surface area contributed by atoms with Crippen molar-refractivity contribution in [1.82, 2.24) is 4.90 Å². The number of amidine groups is 1. The number of nitrogens with zero attached hydrogens (tertiary/aromatic N) is 4. The van der Waals surface area contributed by atoms with Gasteiger partial charge in [0.05, 0.1) is 10.5 Å². The number of halogens is 3. The summed E-state index contributed by atoms with van der Waals surface area (Å²) in [4.78, 5) is 4.87. The van der Waals surface area contributed by atoms with Gasteiger partial charge in [0, 0.05) is 30.4 Å². The lowest BCUT2D eigenvalue weighted by atomic mass is 9.81. The Kier molecular flexibility index (Phi) is 6.18. The van der Waals surface area contributed by atoms with Gasteiger partial charge < -0.3 is 16.4 Å². The zero-order valence-corrected chi connectivity index (χ0v) is 19.6. The van der Waals surface area contributed by atoms with Crippen LogP contribution in [-0.2, 0) is 21.6 Å². The Balaban J connectivity index is 1.81. The van der Waals surface area contributed by atoms with Crippen LogP contribution in [0.4, 0.5) is 13.2 Å². The highest BCUT2D eigenvalue weighted by Gasteiger charge is 2.40. The van der Waals surface area contributed by atoms with Gasteiger partial charge in [-0.3, -0.25) is 5.41 Å². The van der Waals surface area contributed by atoms with Crippen molar-refractivity contribution in [2.75, 3.05) is 26.0 Å². The van der Waals surface area contributed by atoms with Crippen LogP contribution in [0.5, 0.6) is 0 Å². The molecule has 4 rings (SSSR count). The molecule has 0 bridgehead atoms. The van der Waals surface area contributed by atoms with Crippen molar-refractivity contribution in [3.05, 3.63) is 53.1 Å². The van der Waals surface area contributed by atoms with Crippen molar-refractivity contribution in [1.29, 1.82) is 5.41 Å². The fourth-order valence-electron chi connectivity index (χ4n) is 4.43. The molecule has 5 N–H and O–H groups in total. The van der Waals surface area contributed by atoms with E-state index in [1.165, 1.54) is 6.07 Å². The minimum absolute atomic E-state index is 0.00844. The monoisotopic (exact) mass is 507 g/mol. The Morgan fingerprint density at radius 1 is 1.11 bits per heavy atom. The minimum atomic E-state index is -4.90. The molecule has 2 heterocycles. The van der Waals surface area contributed by atoms with Crippen LogP contribution < -0.4 is 11.5 Å². The molecule has 0 spiro atoms. The molecule has 2 aliphatic rings. The van der Waals surface area contributed by atoms with Crippen LogP contribution in [0.2, 0.25) is 0 Å². The zero-order valence-electron chi connectivity index (χ0n) is 18.8. The fourth-order valence-corrected chi connectivity index (χ4v) is 5.58. The van der Waals surface area contributed by atoms with Crippen LogP contribution in [0.1, 0.15) is 29.5 Å². The van der Waals surface area contributed by atoms with Crippen LogP contribution in [-0.4, -0.2) is 51.1 Å². The van der Waals surface area contributed by atoms with Crippen molar-refractivity contribution < 1.29 is 21.6 Å². The largest absolute Gasteiger partial charge is 0.417 e. The average molecular weight is 508 g/mol. The van der Waals surface area contributed by atoms with Crippen LogP contribution in [0.25, 0.3) is 11.1 Å². The molecule has 1 fully saturated rings. The number of piperidine rings is 1. The minimum Gasteiger partial charge on any atom is -0.370 e. The van der Waals surface area contributed by atoms with E-state index in [0.29, 0.717) is 31.5 Å². The second-order valence-electron chi connectivity index (χ2n) is 8.61. The Bertz CT molecular complexity index is 1330. The first kappa shape index (κ1) is 24.8. The number of benzene rings is 2. The first-order valence-electron chi connectivity index (χ1n) is 10.7. The molecular formula is C22H24F3N7O2S. The summed E-state index contributed by atoms with van der Waals surface area (Å²) in [6, 6.07) is 8.91. The first-order valence-corrected chi connectivity index (χ1v) is 12.6. The molecule has 0 saturated carbocycles. The van der Waals surface area contributed by atoms with Crippen LogP contribution in [0, 0.1) is 5.41 Å². The van der Waals surface area contributed by atoms with Gasteiger partial charge in [0.2, 0.25) is 0 Å². The highest BCUT2D eigenvalue weighted by Crippen LogP contribution is 2.41. The number of likely N-dealkylation sites (tertiary alicyclic amines) is 1. The van der Waals surface area contributed by atoms with Gasteiger partial charge >= 0.3 is 6.18 Å². The van der Waals surface area contributed by atoms with E-state index < -0.39 is 32.0 Å². The molecule has 0 atom stereocenters. The van der Waals surface area contributed by atoms with E-state index in [-0.39, 0.29) is 29.6 Å². The predicted molar refractivity (Wildman–Crippen MR) is 125 cm³/mol. The van der Waals surface area contributed by atoms with E-state index in [2.05, 4.69) is 15.2 Å². The lowest BCUT2D eigenvalue weighted by Crippen LogP contribution is -2.51. The van der Waals surface area contributed by atoms with Gasteiger partial charge in [-0.25, -0.2) is 13.4 Å². The summed E-state index contributed by atoms with van der Waals surface area (Å²) < 4.78 is 66.4. The quantitative estimate of drug-likeness (QED) is 0.429. The first-order chi connectivity index (χ1) is 16.3. The standard InChI is InChI=1S/C22H24F3N7O2S/c1-35(33,34)18-16(22(23,24)25)7-6-15(17(18)19-29-12-30-31-19)13-2-4-14(5-3-13)21(28)8-10-32(11-9-21)20(26)27/h2-7H,8-12,28H2,1H3,(H3,26,27). The SMILES string of the molecule is CS(=O)(=O)c1c(C(F)(F)F)ccc(-c2ccc(C3(N)CCN(C(=N)N)CC3)cc2)c1C1=NCN=N1. The molecule has 186 valence electrons. The molecule has 9 nitrogen and oxygen atoms in total. The Morgan fingerprint density at radius 3 is 2.23 bits per heavy atom. The van der Waals surface area contributed by atoms with Crippen LogP contribution in [0.15, 0.2) is 56.5 Å². The van der Waals surface area contributed by atoms with Crippen LogP contribution in [0.3, 0.4) is 0 Å². The van der Waals surface area contributed by atoms with E-state index in [4.69, 9.17) is 16.9 Å². The smallest absolute Gasteiger partial charge is 0.370 e. The molecule has 35 heavy (non-hydrogen) atoms. The number of nitrogens with one attached hydrogen (secondary N) is 1. The molecular weight excluding hydrogens is 483 g/mol. The maximum absolute atomic E-state index is 13.8. The topological polar surface area (TPSA) is 150 Å². The van der Waals surface area contributed by atoms with Gasteiger partial charge in [0.25, 0.3) is 0 Å². The summed E-state index contributed by atoms with van der Waals surface area (Å²) in [5.74, 6) is -0.173. The molecule has 2 aliphatic heterocycles. The van der Waals surface area contributed by atoms with Crippen molar-refractivity contribution >= 4 is 21.6 Å². The number of nitrogens with two attached hydrogens (primary N) is 2. The Hall–Kier alpha value is -3.32. The lowest BCUT2D eigenvalue weighted by molar-refractivity contribution is -0.139. The van der Waals surface area contributed by atoms with Gasteiger partial charge in [-0.1, -0.05) is 30.3 Å². The third kappa shape index (κ3) is 4.78. The van der Waals surface area contributed by atoms with Crippen molar-refractivity contribution in [3.8, 4) is 11.1 Å². The second-order valence-corrected chi connectivity index (χ2v) is 10.6. The molecule has 2 aromatic carbocycles. The number of aliphatic imine (C=N–C) groups is 1. The number of guanidine groups is 1. The number of hydrogen-bond acceptors (Lipinski definition) is 7. The summed E-state index contributed by atoms with van der Waals surface area (Å²) in [6.45, 7) is 0.957. The van der Waals surface area contributed by atoms with Gasteiger partial charge in [0.1, 0.15) is 0 Å². The molecule has 0 aromatic heterocycles. The van der Waals surface area contributed by atoms with Gasteiger partial charge in [-0.15, -0.1) is 5.11 Å². The Morgan fingerprint density at radius 2 is 1.74 bits per heavy atom. The maximum Gasteiger partial charge on any atom is 0.417 e. The lowest BCUT2D eigenvalue weighted by Gasteiger charge is -2.39. The molecule has 2 aromatic rings. The molecule has 0 radical (unpaired) electrons. The van der Waals surface area contributed by atoms with Gasteiger partial charge in [-0.2, -0.15) is 18.3 Å². The summed E-state index contributed by atoms with van der Waals surface area (Å²) in [6.07, 6.45) is -3.04. The van der Waals surface area contributed by atoms with Crippen molar-refractivity contribution in [2.24, 2.45) is 26.7 Å². The zero-order chi connectivity index (χ0) is 25.6. The van der Waals surface area contributed by atoms with E-state index in [1.54, 1.807) is 29.2 Å². The van der Waals surface area contributed by atoms with E-state index in [1.807, 2.05) is 0 Å². The number of rotatable bonds is 4. The number of sulfone groups is 1. The number of hydrogen-bond donors (Lipinski definition) is 3. The summed E-state index contributed by atoms with van der Waals surface area (Å²) in [5, 5.41) is 15.1. The molecule has 1 saturated heterocycles. The number of azo groups is 1. The van der Waals surface area contributed by atoms with Crippen LogP contribution >= 0.6 is 0 Å². The van der Waals surface area contributed by atoms with E-state index in [9.17, 15) is 21.6 Å².